The lowest BCUT2D eigenvalue weighted by atomic mass is 10.2. The minimum absolute atomic E-state index is 0.293. The zero-order valence-electron chi connectivity index (χ0n) is 14.4. The first kappa shape index (κ1) is 18.5. The van der Waals surface area contributed by atoms with Crippen LogP contribution in [0.3, 0.4) is 0 Å². The maximum Gasteiger partial charge on any atom is 0.160 e. The van der Waals surface area contributed by atoms with E-state index in [-0.39, 0.29) is 0 Å². The Morgan fingerprint density at radius 3 is 2.67 bits per heavy atom. The largest absolute Gasteiger partial charge is 0.494 e. The van der Waals surface area contributed by atoms with Crippen molar-refractivity contribution in [3.63, 3.8) is 0 Å². The predicted molar refractivity (Wildman–Crippen MR) is 102 cm³/mol. The fourth-order valence-corrected chi connectivity index (χ4v) is 3.10. The van der Waals surface area contributed by atoms with Gasteiger partial charge in [-0.3, -0.25) is 0 Å². The van der Waals surface area contributed by atoms with Crippen molar-refractivity contribution < 1.29 is 13.5 Å². The fraction of sp³-hybridized carbons (Fsp3) is 0.100. The number of nitriles is 1. The van der Waals surface area contributed by atoms with Crippen molar-refractivity contribution in [1.82, 2.24) is 4.98 Å². The number of allylic oxidation sites excluding steroid dienone is 1. The molecule has 4 nitrogen and oxygen atoms in total. The number of ether oxygens (including phenoxy) is 1. The first-order valence-corrected chi connectivity index (χ1v) is 8.99. The van der Waals surface area contributed by atoms with Crippen molar-refractivity contribution in [2.75, 3.05) is 11.9 Å². The van der Waals surface area contributed by atoms with E-state index in [1.807, 2.05) is 36.6 Å². The molecule has 0 spiro atoms. The highest BCUT2D eigenvalue weighted by Gasteiger charge is 2.09. The van der Waals surface area contributed by atoms with E-state index in [9.17, 15) is 14.0 Å². The van der Waals surface area contributed by atoms with Crippen molar-refractivity contribution in [2.24, 2.45) is 0 Å². The van der Waals surface area contributed by atoms with Crippen LogP contribution in [-0.2, 0) is 0 Å². The Morgan fingerprint density at radius 2 is 2.00 bits per heavy atom. The van der Waals surface area contributed by atoms with Gasteiger partial charge in [0.05, 0.1) is 12.3 Å². The molecule has 0 radical (unpaired) electrons. The second kappa shape index (κ2) is 8.43. The van der Waals surface area contributed by atoms with Gasteiger partial charge < -0.3 is 10.1 Å². The van der Waals surface area contributed by atoms with E-state index in [1.54, 1.807) is 0 Å². The van der Waals surface area contributed by atoms with Crippen LogP contribution in [0, 0.1) is 23.0 Å². The zero-order valence-corrected chi connectivity index (χ0v) is 15.2. The summed E-state index contributed by atoms with van der Waals surface area (Å²) >= 11 is 1.33. The van der Waals surface area contributed by atoms with Crippen LogP contribution in [0.5, 0.6) is 5.75 Å². The van der Waals surface area contributed by atoms with Gasteiger partial charge in [0.2, 0.25) is 0 Å². The molecule has 136 valence electrons. The Kier molecular flexibility index (Phi) is 5.79. The molecule has 27 heavy (non-hydrogen) atoms. The van der Waals surface area contributed by atoms with E-state index in [4.69, 9.17) is 4.74 Å². The summed E-state index contributed by atoms with van der Waals surface area (Å²) in [4.78, 5) is 4.48. The number of thiazole rings is 1. The molecule has 0 saturated carbocycles. The van der Waals surface area contributed by atoms with E-state index >= 15 is 0 Å². The average molecular weight is 383 g/mol. The minimum Gasteiger partial charge on any atom is -0.494 e. The number of aromatic nitrogens is 1. The number of halogens is 2. The lowest BCUT2D eigenvalue weighted by molar-refractivity contribution is 0.340. The van der Waals surface area contributed by atoms with Gasteiger partial charge in [0.1, 0.15) is 22.4 Å². The topological polar surface area (TPSA) is 57.9 Å². The van der Waals surface area contributed by atoms with E-state index in [0.29, 0.717) is 22.9 Å². The molecule has 3 rings (SSSR count). The van der Waals surface area contributed by atoms with Crippen LogP contribution in [0.4, 0.5) is 14.5 Å². The smallest absolute Gasteiger partial charge is 0.160 e. The second-order valence-corrected chi connectivity index (χ2v) is 6.30. The highest BCUT2D eigenvalue weighted by atomic mass is 32.1. The summed E-state index contributed by atoms with van der Waals surface area (Å²) in [6.07, 6.45) is 1.42. The van der Waals surface area contributed by atoms with Gasteiger partial charge in [0.25, 0.3) is 0 Å². The number of benzene rings is 2. The third kappa shape index (κ3) is 4.49. The summed E-state index contributed by atoms with van der Waals surface area (Å²) in [5.74, 6) is -1.10. The number of hydrogen-bond donors (Lipinski definition) is 1. The summed E-state index contributed by atoms with van der Waals surface area (Å²) < 4.78 is 31.6. The Hall–Kier alpha value is -3.24. The van der Waals surface area contributed by atoms with Crippen molar-refractivity contribution >= 4 is 22.6 Å². The second-order valence-electron chi connectivity index (χ2n) is 5.44. The Labute approximate surface area is 159 Å². The first-order chi connectivity index (χ1) is 13.1. The van der Waals surface area contributed by atoms with Crippen molar-refractivity contribution in [3.05, 3.63) is 70.7 Å². The van der Waals surface area contributed by atoms with Crippen LogP contribution < -0.4 is 10.1 Å². The van der Waals surface area contributed by atoms with Crippen molar-refractivity contribution in [2.45, 2.75) is 6.92 Å². The van der Waals surface area contributed by atoms with Crippen LogP contribution in [0.25, 0.3) is 16.8 Å². The van der Waals surface area contributed by atoms with Crippen LogP contribution in [0.15, 0.2) is 54.0 Å². The fourth-order valence-electron chi connectivity index (χ4n) is 2.30. The van der Waals surface area contributed by atoms with Crippen LogP contribution >= 0.6 is 11.3 Å². The third-order valence-electron chi connectivity index (χ3n) is 3.62. The van der Waals surface area contributed by atoms with E-state index in [2.05, 4.69) is 16.4 Å². The molecule has 3 aromatic rings. The molecule has 0 atom stereocenters. The highest BCUT2D eigenvalue weighted by Crippen LogP contribution is 2.27. The number of hydrogen-bond acceptors (Lipinski definition) is 5. The lowest BCUT2D eigenvalue weighted by Crippen LogP contribution is -1.93. The molecule has 0 unspecified atom stereocenters. The molecule has 0 fully saturated rings. The van der Waals surface area contributed by atoms with E-state index in [1.165, 1.54) is 23.6 Å². The standard InChI is InChI=1S/C20H15F2N3OS/c1-2-26-16-6-3-13(4-7-16)19-12-27-20(25-19)14(10-23)11-24-15-5-8-17(21)18(22)9-15/h3-9,11-12,24H,2H2,1H3/b14-11+. The summed E-state index contributed by atoms with van der Waals surface area (Å²) in [6.45, 7) is 2.52. The average Bonchev–Trinajstić information content (AvgIpc) is 3.16. The third-order valence-corrected chi connectivity index (χ3v) is 4.49. The lowest BCUT2D eigenvalue weighted by Gasteiger charge is -2.03. The Bertz CT molecular complexity index is 1010. The van der Waals surface area contributed by atoms with Crippen LogP contribution in [0.2, 0.25) is 0 Å². The van der Waals surface area contributed by atoms with Gasteiger partial charge in [-0.2, -0.15) is 5.26 Å². The zero-order chi connectivity index (χ0) is 19.2. The molecule has 2 aromatic carbocycles. The quantitative estimate of drug-likeness (QED) is 0.574. The van der Waals surface area contributed by atoms with Gasteiger partial charge in [-0.25, -0.2) is 13.8 Å². The Balaban J connectivity index is 1.78. The summed E-state index contributed by atoms with van der Waals surface area (Å²) in [7, 11) is 0. The van der Waals surface area contributed by atoms with Gasteiger partial charge in [0.15, 0.2) is 11.6 Å². The number of rotatable bonds is 6. The molecule has 1 heterocycles. The van der Waals surface area contributed by atoms with Gasteiger partial charge >= 0.3 is 0 Å². The van der Waals surface area contributed by atoms with Crippen LogP contribution in [-0.4, -0.2) is 11.6 Å². The first-order valence-electron chi connectivity index (χ1n) is 8.11. The molecule has 0 aliphatic rings. The highest BCUT2D eigenvalue weighted by molar-refractivity contribution is 7.11. The van der Waals surface area contributed by atoms with Crippen molar-refractivity contribution in [1.29, 1.82) is 5.26 Å². The monoisotopic (exact) mass is 383 g/mol. The molecule has 0 amide bonds. The maximum absolute atomic E-state index is 13.3. The molecule has 0 aliphatic heterocycles. The van der Waals surface area contributed by atoms with Crippen molar-refractivity contribution in [3.8, 4) is 23.1 Å². The maximum atomic E-state index is 13.3. The summed E-state index contributed by atoms with van der Waals surface area (Å²) in [5, 5.41) is 14.6. The van der Waals surface area contributed by atoms with Gasteiger partial charge in [-0.05, 0) is 43.3 Å². The van der Waals surface area contributed by atoms with Gasteiger partial charge in [0, 0.05) is 28.9 Å². The minimum atomic E-state index is -0.959. The molecule has 0 aliphatic carbocycles. The van der Waals surface area contributed by atoms with Gasteiger partial charge in [-0.1, -0.05) is 0 Å². The molecular formula is C20H15F2N3OS. The molecule has 1 N–H and O–H groups in total. The molecular weight excluding hydrogens is 368 g/mol. The molecule has 0 bridgehead atoms. The predicted octanol–water partition coefficient (Wildman–Crippen LogP) is 5.46. The summed E-state index contributed by atoms with van der Waals surface area (Å²) in [5.41, 5.74) is 2.28. The Morgan fingerprint density at radius 1 is 1.22 bits per heavy atom. The number of nitrogens with zero attached hydrogens (tertiary/aromatic N) is 2. The number of anilines is 1. The number of nitrogens with one attached hydrogen (secondary N) is 1. The summed E-state index contributed by atoms with van der Waals surface area (Å²) in [6, 6.07) is 13.0. The van der Waals surface area contributed by atoms with Crippen LogP contribution in [0.1, 0.15) is 11.9 Å². The van der Waals surface area contributed by atoms with E-state index in [0.717, 1.165) is 29.1 Å². The molecule has 1 aromatic heterocycles. The van der Waals surface area contributed by atoms with Gasteiger partial charge in [-0.15, -0.1) is 11.3 Å². The van der Waals surface area contributed by atoms with E-state index < -0.39 is 11.6 Å². The SMILES string of the molecule is CCOc1ccc(-c2csc(/C(C#N)=C/Nc3ccc(F)c(F)c3)n2)cc1. The molecule has 7 heteroatoms. The normalized spacial score (nSPS) is 11.1. The molecule has 0 saturated heterocycles.